The molecule has 4 heteroatoms. The summed E-state index contributed by atoms with van der Waals surface area (Å²) >= 11 is 0. The molecule has 4 N–H and O–H groups in total. The summed E-state index contributed by atoms with van der Waals surface area (Å²) in [5, 5.41) is 39.0. The highest BCUT2D eigenvalue weighted by atomic mass is 16.3. The summed E-state index contributed by atoms with van der Waals surface area (Å²) in [6.07, 6.45) is 0.611. The zero-order chi connectivity index (χ0) is 17.3. The lowest BCUT2D eigenvalue weighted by molar-refractivity contribution is 0.275. The van der Waals surface area contributed by atoms with Gasteiger partial charge in [0.2, 0.25) is 0 Å². The summed E-state index contributed by atoms with van der Waals surface area (Å²) in [4.78, 5) is 0. The predicted molar refractivity (Wildman–Crippen MR) is 89.8 cm³/mol. The number of benzene rings is 2. The molecule has 0 heterocycles. The van der Waals surface area contributed by atoms with Gasteiger partial charge in [-0.1, -0.05) is 0 Å². The largest absolute Gasteiger partial charge is 0.507 e. The van der Waals surface area contributed by atoms with Crippen molar-refractivity contribution < 1.29 is 20.4 Å². The average Bonchev–Trinajstić information content (AvgIpc) is 2.55. The van der Waals surface area contributed by atoms with Gasteiger partial charge in [-0.25, -0.2) is 0 Å². The number of hydrogen-bond donors (Lipinski definition) is 4. The third-order valence-corrected chi connectivity index (χ3v) is 4.83. The molecule has 0 saturated heterocycles. The van der Waals surface area contributed by atoms with E-state index in [2.05, 4.69) is 0 Å². The fourth-order valence-corrected chi connectivity index (χ4v) is 2.91. The first-order chi connectivity index (χ1) is 10.8. The summed E-state index contributed by atoms with van der Waals surface area (Å²) < 4.78 is 0. The number of rotatable bonds is 4. The molecule has 0 radical (unpaired) electrons. The summed E-state index contributed by atoms with van der Waals surface area (Å²) in [6, 6.07) is 3.63. The van der Waals surface area contributed by atoms with E-state index in [1.807, 2.05) is 39.8 Å². The zero-order valence-corrected chi connectivity index (χ0v) is 14.1. The fourth-order valence-electron chi connectivity index (χ4n) is 2.91. The van der Waals surface area contributed by atoms with Crippen molar-refractivity contribution in [1.29, 1.82) is 0 Å². The van der Waals surface area contributed by atoms with E-state index in [-0.39, 0.29) is 24.7 Å². The van der Waals surface area contributed by atoms with Gasteiger partial charge in [-0.3, -0.25) is 0 Å². The minimum atomic E-state index is -0.213. The van der Waals surface area contributed by atoms with Crippen molar-refractivity contribution in [1.82, 2.24) is 0 Å². The second-order valence-corrected chi connectivity index (χ2v) is 6.08. The molecule has 0 saturated carbocycles. The van der Waals surface area contributed by atoms with E-state index in [0.29, 0.717) is 17.5 Å². The average molecular weight is 316 g/mol. The predicted octanol–water partition coefficient (Wildman–Crippen LogP) is 2.91. The Kier molecular flexibility index (Phi) is 4.97. The number of aliphatic hydroxyl groups excluding tert-OH is 2. The molecule has 2 aromatic carbocycles. The molecule has 0 atom stereocenters. The van der Waals surface area contributed by atoms with E-state index < -0.39 is 0 Å². The Balaban J connectivity index is 2.56. The van der Waals surface area contributed by atoms with Crippen LogP contribution in [0.5, 0.6) is 11.5 Å². The lowest BCUT2D eigenvalue weighted by Crippen LogP contribution is -2.02. The molecule has 0 aliphatic heterocycles. The highest BCUT2D eigenvalue weighted by molar-refractivity contribution is 5.53. The van der Waals surface area contributed by atoms with Crippen LogP contribution in [0.2, 0.25) is 0 Å². The molecule has 0 aliphatic rings. The molecule has 0 bridgehead atoms. The third kappa shape index (κ3) is 3.05. The molecular formula is C19H24O4. The Labute approximate surface area is 136 Å². The van der Waals surface area contributed by atoms with Crippen molar-refractivity contribution in [3.05, 3.63) is 56.6 Å². The topological polar surface area (TPSA) is 80.9 Å². The molecule has 124 valence electrons. The van der Waals surface area contributed by atoms with Gasteiger partial charge in [0.05, 0.1) is 13.2 Å². The van der Waals surface area contributed by atoms with Crippen LogP contribution < -0.4 is 0 Å². The van der Waals surface area contributed by atoms with Gasteiger partial charge in [-0.15, -0.1) is 0 Å². The standard InChI is InChI=1S/C19H24O4/c1-10-12(3)18(22)16(8-20)6-14(10)5-15-7-17(9-21)19(23)13(4)11(15)2/h6-7,20-23H,5,8-9H2,1-4H3. The fraction of sp³-hybridized carbons (Fsp3) is 0.368. The third-order valence-electron chi connectivity index (χ3n) is 4.83. The number of aliphatic hydroxyl groups is 2. The Morgan fingerprint density at radius 1 is 0.609 bits per heavy atom. The smallest absolute Gasteiger partial charge is 0.124 e. The lowest BCUT2D eigenvalue weighted by atomic mass is 9.90. The van der Waals surface area contributed by atoms with Crippen LogP contribution in [-0.2, 0) is 19.6 Å². The Morgan fingerprint density at radius 3 is 1.26 bits per heavy atom. The van der Waals surface area contributed by atoms with E-state index in [0.717, 1.165) is 33.4 Å². The van der Waals surface area contributed by atoms with Crippen molar-refractivity contribution in [3.63, 3.8) is 0 Å². The van der Waals surface area contributed by atoms with Gasteiger partial charge >= 0.3 is 0 Å². The number of phenols is 2. The molecule has 2 aromatic rings. The van der Waals surface area contributed by atoms with Gasteiger partial charge in [0.15, 0.2) is 0 Å². The summed E-state index contributed by atoms with van der Waals surface area (Å²) in [7, 11) is 0. The Morgan fingerprint density at radius 2 is 0.957 bits per heavy atom. The molecule has 0 aromatic heterocycles. The van der Waals surface area contributed by atoms with Crippen molar-refractivity contribution in [3.8, 4) is 11.5 Å². The van der Waals surface area contributed by atoms with Crippen LogP contribution in [0.25, 0.3) is 0 Å². The summed E-state index contributed by atoms with van der Waals surface area (Å²) in [5.41, 5.74) is 6.55. The SMILES string of the molecule is Cc1c(Cc2cc(CO)c(O)c(C)c2C)cc(CO)c(O)c1C. The van der Waals surface area contributed by atoms with Crippen molar-refractivity contribution in [2.75, 3.05) is 0 Å². The highest BCUT2D eigenvalue weighted by Crippen LogP contribution is 2.33. The minimum absolute atomic E-state index is 0.142. The summed E-state index contributed by atoms with van der Waals surface area (Å²) in [5.74, 6) is 0.284. The first-order valence-electron chi connectivity index (χ1n) is 7.65. The van der Waals surface area contributed by atoms with Gasteiger partial charge in [0, 0.05) is 11.1 Å². The molecule has 0 unspecified atom stereocenters. The maximum absolute atomic E-state index is 10.1. The zero-order valence-electron chi connectivity index (χ0n) is 14.1. The van der Waals surface area contributed by atoms with E-state index >= 15 is 0 Å². The monoisotopic (exact) mass is 316 g/mol. The van der Waals surface area contributed by atoms with E-state index in [1.54, 1.807) is 0 Å². The van der Waals surface area contributed by atoms with Gasteiger partial charge in [0.1, 0.15) is 11.5 Å². The first kappa shape index (κ1) is 17.3. The highest BCUT2D eigenvalue weighted by Gasteiger charge is 2.15. The van der Waals surface area contributed by atoms with E-state index in [9.17, 15) is 20.4 Å². The van der Waals surface area contributed by atoms with E-state index in [4.69, 9.17) is 0 Å². The first-order valence-corrected chi connectivity index (χ1v) is 7.65. The van der Waals surface area contributed by atoms with Gasteiger partial charge in [-0.2, -0.15) is 0 Å². The van der Waals surface area contributed by atoms with Crippen molar-refractivity contribution >= 4 is 0 Å². The molecule has 0 aliphatic carbocycles. The molecular weight excluding hydrogens is 292 g/mol. The molecule has 0 fully saturated rings. The van der Waals surface area contributed by atoms with Gasteiger partial charge < -0.3 is 20.4 Å². The van der Waals surface area contributed by atoms with Crippen molar-refractivity contribution in [2.24, 2.45) is 0 Å². The van der Waals surface area contributed by atoms with Crippen LogP contribution in [0, 0.1) is 27.7 Å². The molecule has 2 rings (SSSR count). The Hall–Kier alpha value is -2.04. The van der Waals surface area contributed by atoms with Crippen LogP contribution in [0.3, 0.4) is 0 Å². The van der Waals surface area contributed by atoms with Crippen molar-refractivity contribution in [2.45, 2.75) is 47.3 Å². The minimum Gasteiger partial charge on any atom is -0.507 e. The van der Waals surface area contributed by atoms with E-state index in [1.165, 1.54) is 0 Å². The molecule has 0 amide bonds. The maximum atomic E-state index is 10.1. The molecule has 0 spiro atoms. The molecule has 23 heavy (non-hydrogen) atoms. The second kappa shape index (κ2) is 6.60. The van der Waals surface area contributed by atoms with Crippen LogP contribution in [-0.4, -0.2) is 20.4 Å². The number of aromatic hydroxyl groups is 2. The normalized spacial score (nSPS) is 11.0. The molecule has 4 nitrogen and oxygen atoms in total. The van der Waals surface area contributed by atoms with Crippen LogP contribution >= 0.6 is 0 Å². The van der Waals surface area contributed by atoms with Crippen LogP contribution in [0.1, 0.15) is 44.5 Å². The van der Waals surface area contributed by atoms with Gasteiger partial charge in [-0.05, 0) is 79.6 Å². The van der Waals surface area contributed by atoms with Crippen LogP contribution in [0.4, 0.5) is 0 Å². The quantitative estimate of drug-likeness (QED) is 0.699. The van der Waals surface area contributed by atoms with Gasteiger partial charge in [0.25, 0.3) is 0 Å². The Bertz CT molecular complexity index is 685. The number of hydrogen-bond acceptors (Lipinski definition) is 4. The maximum Gasteiger partial charge on any atom is 0.124 e. The lowest BCUT2D eigenvalue weighted by Gasteiger charge is -2.17. The van der Waals surface area contributed by atoms with Crippen LogP contribution in [0.15, 0.2) is 12.1 Å². The summed E-state index contributed by atoms with van der Waals surface area (Å²) in [6.45, 7) is 7.13. The second-order valence-electron chi connectivity index (χ2n) is 6.08.